The molecule has 0 radical (unpaired) electrons. The Morgan fingerprint density at radius 3 is 3.14 bits per heavy atom. The van der Waals surface area contributed by atoms with E-state index in [0.717, 1.165) is 0 Å². The van der Waals surface area contributed by atoms with Gasteiger partial charge >= 0.3 is 5.97 Å². The second-order valence-corrected chi connectivity index (χ2v) is 2.82. The zero-order valence-corrected chi connectivity index (χ0v) is 7.57. The zero-order chi connectivity index (χ0) is 10.1. The van der Waals surface area contributed by atoms with Crippen molar-refractivity contribution in [3.8, 4) is 0 Å². The second kappa shape index (κ2) is 3.02. The molecule has 2 heterocycles. The smallest absolute Gasteiger partial charge is 0.340 e. The molecule has 14 heavy (non-hydrogen) atoms. The van der Waals surface area contributed by atoms with Crippen LogP contribution in [0.4, 0.5) is 5.69 Å². The predicted molar refractivity (Wildman–Crippen MR) is 51.8 cm³/mol. The summed E-state index contributed by atoms with van der Waals surface area (Å²) >= 11 is 0. The van der Waals surface area contributed by atoms with E-state index in [0.29, 0.717) is 22.3 Å². The minimum atomic E-state index is -0.450. The number of nitrogen functional groups attached to an aromatic ring is 1. The van der Waals surface area contributed by atoms with Crippen molar-refractivity contribution in [2.75, 3.05) is 12.8 Å². The largest absolute Gasteiger partial charge is 0.465 e. The molecule has 5 nitrogen and oxygen atoms in total. The molecule has 0 spiro atoms. The molecule has 2 rings (SSSR count). The van der Waals surface area contributed by atoms with E-state index < -0.39 is 5.97 Å². The van der Waals surface area contributed by atoms with E-state index in [1.54, 1.807) is 12.3 Å². The highest BCUT2D eigenvalue weighted by Crippen LogP contribution is 2.21. The summed E-state index contributed by atoms with van der Waals surface area (Å²) in [5, 5.41) is 0.678. The summed E-state index contributed by atoms with van der Waals surface area (Å²) in [5.74, 6) is -0.450. The average molecular weight is 191 g/mol. The number of esters is 1. The number of rotatable bonds is 1. The summed E-state index contributed by atoms with van der Waals surface area (Å²) in [4.78, 5) is 18.3. The number of hydrogen-bond acceptors (Lipinski definition) is 4. The molecule has 0 amide bonds. The number of aromatic amines is 1. The first-order valence-electron chi connectivity index (χ1n) is 4.04. The van der Waals surface area contributed by atoms with Gasteiger partial charge in [0.2, 0.25) is 0 Å². The number of hydrogen-bond donors (Lipinski definition) is 2. The highest BCUT2D eigenvalue weighted by atomic mass is 16.5. The number of aromatic nitrogens is 2. The summed E-state index contributed by atoms with van der Waals surface area (Å²) in [5.41, 5.74) is 6.95. The van der Waals surface area contributed by atoms with Crippen molar-refractivity contribution in [3.63, 3.8) is 0 Å². The fourth-order valence-electron chi connectivity index (χ4n) is 1.35. The lowest BCUT2D eigenvalue weighted by Crippen LogP contribution is -2.06. The van der Waals surface area contributed by atoms with Gasteiger partial charge in [-0.15, -0.1) is 0 Å². The van der Waals surface area contributed by atoms with Crippen molar-refractivity contribution in [1.29, 1.82) is 0 Å². The minimum absolute atomic E-state index is 0.323. The SMILES string of the molecule is COC(=O)c1c(N)cnc2[nH]ccc12. The van der Waals surface area contributed by atoms with Crippen LogP contribution in [-0.4, -0.2) is 23.0 Å². The van der Waals surface area contributed by atoms with Crippen LogP contribution in [0.25, 0.3) is 11.0 Å². The van der Waals surface area contributed by atoms with Crippen LogP contribution in [0.5, 0.6) is 0 Å². The summed E-state index contributed by atoms with van der Waals surface area (Å²) in [6, 6.07) is 1.74. The third kappa shape index (κ3) is 1.10. The third-order valence-corrected chi connectivity index (χ3v) is 2.01. The first-order valence-corrected chi connectivity index (χ1v) is 4.04. The number of fused-ring (bicyclic) bond motifs is 1. The van der Waals surface area contributed by atoms with Crippen molar-refractivity contribution in [3.05, 3.63) is 24.0 Å². The average Bonchev–Trinajstić information content (AvgIpc) is 2.64. The van der Waals surface area contributed by atoms with Crippen LogP contribution >= 0.6 is 0 Å². The van der Waals surface area contributed by atoms with Crippen LogP contribution in [0.15, 0.2) is 18.5 Å². The molecule has 72 valence electrons. The van der Waals surface area contributed by atoms with Crippen LogP contribution in [0.1, 0.15) is 10.4 Å². The van der Waals surface area contributed by atoms with E-state index >= 15 is 0 Å². The second-order valence-electron chi connectivity index (χ2n) is 2.82. The maximum atomic E-state index is 11.4. The number of anilines is 1. The maximum Gasteiger partial charge on any atom is 0.340 e. The number of ether oxygens (including phenoxy) is 1. The summed E-state index contributed by atoms with van der Waals surface area (Å²) < 4.78 is 4.63. The van der Waals surface area contributed by atoms with Gasteiger partial charge in [0.25, 0.3) is 0 Å². The molecule has 0 atom stereocenters. The van der Waals surface area contributed by atoms with Crippen LogP contribution < -0.4 is 5.73 Å². The Balaban J connectivity index is 2.76. The lowest BCUT2D eigenvalue weighted by Gasteiger charge is -2.03. The Bertz CT molecular complexity index is 490. The predicted octanol–water partition coefficient (Wildman–Crippen LogP) is 0.932. The van der Waals surface area contributed by atoms with E-state index in [2.05, 4.69) is 14.7 Å². The maximum absolute atomic E-state index is 11.4. The van der Waals surface area contributed by atoms with Gasteiger partial charge in [-0.25, -0.2) is 9.78 Å². The minimum Gasteiger partial charge on any atom is -0.465 e. The Morgan fingerprint density at radius 1 is 1.64 bits per heavy atom. The lowest BCUT2D eigenvalue weighted by molar-refractivity contribution is 0.0604. The van der Waals surface area contributed by atoms with Gasteiger partial charge in [0, 0.05) is 11.6 Å². The summed E-state index contributed by atoms with van der Waals surface area (Å²) in [7, 11) is 1.32. The molecule has 2 aromatic rings. The van der Waals surface area contributed by atoms with Gasteiger partial charge in [-0.1, -0.05) is 0 Å². The number of H-pyrrole nitrogens is 1. The van der Waals surface area contributed by atoms with E-state index in [1.807, 2.05) is 0 Å². The Hall–Kier alpha value is -2.04. The van der Waals surface area contributed by atoms with Gasteiger partial charge in [0.05, 0.1) is 24.6 Å². The molecule has 0 fully saturated rings. The number of carbonyl (C=O) groups excluding carboxylic acids is 1. The normalized spacial score (nSPS) is 10.4. The van der Waals surface area contributed by atoms with Crippen LogP contribution in [0, 0.1) is 0 Å². The molecular formula is C9H9N3O2. The molecule has 0 aromatic carbocycles. The van der Waals surface area contributed by atoms with Gasteiger partial charge in [0.15, 0.2) is 0 Å². The van der Waals surface area contributed by atoms with Gasteiger partial charge in [0.1, 0.15) is 5.65 Å². The van der Waals surface area contributed by atoms with Crippen LogP contribution in [0.3, 0.4) is 0 Å². The van der Waals surface area contributed by atoms with Gasteiger partial charge in [-0.3, -0.25) is 0 Å². The molecular weight excluding hydrogens is 182 g/mol. The molecule has 0 aliphatic heterocycles. The first-order chi connectivity index (χ1) is 6.74. The highest BCUT2D eigenvalue weighted by Gasteiger charge is 2.15. The highest BCUT2D eigenvalue weighted by molar-refractivity contribution is 6.07. The number of nitrogens with two attached hydrogens (primary N) is 1. The Kier molecular flexibility index (Phi) is 1.85. The number of nitrogens with zero attached hydrogens (tertiary/aromatic N) is 1. The third-order valence-electron chi connectivity index (χ3n) is 2.01. The topological polar surface area (TPSA) is 81.0 Å². The lowest BCUT2D eigenvalue weighted by atomic mass is 10.1. The van der Waals surface area contributed by atoms with Gasteiger partial charge < -0.3 is 15.5 Å². The van der Waals surface area contributed by atoms with E-state index in [1.165, 1.54) is 13.3 Å². The molecule has 0 saturated heterocycles. The van der Waals surface area contributed by atoms with Gasteiger partial charge in [-0.2, -0.15) is 0 Å². The summed E-state index contributed by atoms with van der Waals surface area (Å²) in [6.07, 6.45) is 3.13. The zero-order valence-electron chi connectivity index (χ0n) is 7.57. The molecule has 0 aliphatic carbocycles. The summed E-state index contributed by atoms with van der Waals surface area (Å²) in [6.45, 7) is 0. The quantitative estimate of drug-likeness (QED) is 0.657. The molecule has 3 N–H and O–H groups in total. The van der Waals surface area contributed by atoms with Gasteiger partial charge in [-0.05, 0) is 6.07 Å². The first kappa shape index (κ1) is 8.55. The number of pyridine rings is 1. The standard InChI is InChI=1S/C9H9N3O2/c1-14-9(13)7-5-2-3-11-8(5)12-4-6(7)10/h2-4H,10H2,1H3,(H,11,12). The number of nitrogens with one attached hydrogen (secondary N) is 1. The van der Waals surface area contributed by atoms with E-state index in [4.69, 9.17) is 5.73 Å². The monoisotopic (exact) mass is 191 g/mol. The van der Waals surface area contributed by atoms with Crippen LogP contribution in [-0.2, 0) is 4.74 Å². The van der Waals surface area contributed by atoms with Crippen molar-refractivity contribution >= 4 is 22.7 Å². The molecule has 0 bridgehead atoms. The molecule has 5 heteroatoms. The Labute approximate surface area is 79.9 Å². The van der Waals surface area contributed by atoms with Crippen LogP contribution in [0.2, 0.25) is 0 Å². The van der Waals surface area contributed by atoms with E-state index in [-0.39, 0.29) is 0 Å². The molecule has 0 unspecified atom stereocenters. The van der Waals surface area contributed by atoms with Crippen molar-refractivity contribution in [1.82, 2.24) is 9.97 Å². The number of methoxy groups -OCH3 is 1. The van der Waals surface area contributed by atoms with Crippen molar-refractivity contribution < 1.29 is 9.53 Å². The fourth-order valence-corrected chi connectivity index (χ4v) is 1.35. The number of carbonyl (C=O) groups is 1. The molecule has 2 aromatic heterocycles. The van der Waals surface area contributed by atoms with E-state index in [9.17, 15) is 4.79 Å². The molecule has 0 saturated carbocycles. The van der Waals surface area contributed by atoms with Crippen molar-refractivity contribution in [2.24, 2.45) is 0 Å². The Morgan fingerprint density at radius 2 is 2.43 bits per heavy atom. The van der Waals surface area contributed by atoms with Crippen molar-refractivity contribution in [2.45, 2.75) is 0 Å². The fraction of sp³-hybridized carbons (Fsp3) is 0.111. The molecule has 0 aliphatic rings.